The molecule has 2 nitrogen and oxygen atoms in total. The molecule has 2 rings (SSSR count). The summed E-state index contributed by atoms with van der Waals surface area (Å²) in [7, 11) is 0. The number of aromatic nitrogens is 1. The largest absolute Gasteiger partial charge is 0.302 e. The fourth-order valence-electron chi connectivity index (χ4n) is 2.09. The average Bonchev–Trinajstić information content (AvgIpc) is 2.40. The highest BCUT2D eigenvalue weighted by Crippen LogP contribution is 2.26. The quantitative estimate of drug-likeness (QED) is 0.767. The van der Waals surface area contributed by atoms with E-state index in [0.717, 1.165) is 17.5 Å². The number of pyridine rings is 1. The van der Waals surface area contributed by atoms with E-state index in [4.69, 9.17) is 0 Å². The summed E-state index contributed by atoms with van der Waals surface area (Å²) in [5, 5.41) is 0. The van der Waals surface area contributed by atoms with Gasteiger partial charge in [-0.25, -0.2) is 0 Å². The highest BCUT2D eigenvalue weighted by Gasteiger charge is 2.27. The molecule has 1 aromatic heterocycles. The first-order chi connectivity index (χ1) is 8.64. The lowest BCUT2D eigenvalue weighted by molar-refractivity contribution is -0.112. The molecule has 1 heterocycles. The van der Waals surface area contributed by atoms with Crippen molar-refractivity contribution < 1.29 is 4.79 Å². The first-order valence-electron chi connectivity index (χ1n) is 6.07. The Morgan fingerprint density at radius 2 is 2.06 bits per heavy atom. The molecule has 0 fully saturated rings. The number of hydrogen-bond acceptors (Lipinski definition) is 2. The van der Waals surface area contributed by atoms with Crippen molar-refractivity contribution in [2.45, 2.75) is 25.7 Å². The maximum absolute atomic E-state index is 11.5. The SMILES string of the molecule is Cc1cccc(C(C)(C=O)Cc2ccccn2)c1. The van der Waals surface area contributed by atoms with E-state index in [1.165, 1.54) is 5.56 Å². The van der Waals surface area contributed by atoms with Crippen molar-refractivity contribution in [3.63, 3.8) is 0 Å². The van der Waals surface area contributed by atoms with Gasteiger partial charge in [0.1, 0.15) is 6.29 Å². The van der Waals surface area contributed by atoms with Crippen molar-refractivity contribution in [2.24, 2.45) is 0 Å². The molecule has 0 radical (unpaired) electrons. The monoisotopic (exact) mass is 239 g/mol. The molecule has 0 aliphatic heterocycles. The Hall–Kier alpha value is -1.96. The zero-order valence-electron chi connectivity index (χ0n) is 10.8. The summed E-state index contributed by atoms with van der Waals surface area (Å²) in [5.74, 6) is 0. The molecule has 1 atom stereocenters. The Kier molecular flexibility index (Phi) is 3.56. The molecule has 0 amide bonds. The maximum Gasteiger partial charge on any atom is 0.130 e. The highest BCUT2D eigenvalue weighted by molar-refractivity contribution is 5.68. The number of nitrogens with zero attached hydrogens (tertiary/aromatic N) is 1. The summed E-state index contributed by atoms with van der Waals surface area (Å²) < 4.78 is 0. The lowest BCUT2D eigenvalue weighted by Crippen LogP contribution is -2.27. The summed E-state index contributed by atoms with van der Waals surface area (Å²) in [6.45, 7) is 4.00. The first-order valence-corrected chi connectivity index (χ1v) is 6.07. The lowest BCUT2D eigenvalue weighted by Gasteiger charge is -2.23. The van der Waals surface area contributed by atoms with E-state index in [1.807, 2.05) is 50.2 Å². The third-order valence-electron chi connectivity index (χ3n) is 3.21. The molecule has 0 N–H and O–H groups in total. The van der Waals surface area contributed by atoms with Crippen molar-refractivity contribution in [2.75, 3.05) is 0 Å². The Morgan fingerprint density at radius 3 is 2.67 bits per heavy atom. The molecule has 2 aromatic rings. The maximum atomic E-state index is 11.5. The van der Waals surface area contributed by atoms with Crippen LogP contribution in [0.4, 0.5) is 0 Å². The highest BCUT2D eigenvalue weighted by atomic mass is 16.1. The van der Waals surface area contributed by atoms with Gasteiger partial charge in [-0.3, -0.25) is 4.98 Å². The molecule has 0 aliphatic carbocycles. The lowest BCUT2D eigenvalue weighted by atomic mass is 9.79. The van der Waals surface area contributed by atoms with Crippen LogP contribution in [0, 0.1) is 6.92 Å². The Balaban J connectivity index is 2.34. The number of benzene rings is 1. The van der Waals surface area contributed by atoms with Gasteiger partial charge in [-0.2, -0.15) is 0 Å². The van der Waals surface area contributed by atoms with Crippen molar-refractivity contribution >= 4 is 6.29 Å². The smallest absolute Gasteiger partial charge is 0.130 e. The van der Waals surface area contributed by atoms with Crippen LogP contribution in [-0.2, 0) is 16.6 Å². The van der Waals surface area contributed by atoms with Crippen molar-refractivity contribution in [1.29, 1.82) is 0 Å². The molecule has 0 bridgehead atoms. The van der Waals surface area contributed by atoms with Crippen LogP contribution in [0.2, 0.25) is 0 Å². The van der Waals surface area contributed by atoms with Gasteiger partial charge in [-0.05, 0) is 31.5 Å². The van der Waals surface area contributed by atoms with Gasteiger partial charge in [0.2, 0.25) is 0 Å². The molecular weight excluding hydrogens is 222 g/mol. The second-order valence-electron chi connectivity index (χ2n) is 4.90. The van der Waals surface area contributed by atoms with E-state index >= 15 is 0 Å². The van der Waals surface area contributed by atoms with Gasteiger partial charge in [-0.1, -0.05) is 35.9 Å². The summed E-state index contributed by atoms with van der Waals surface area (Å²) in [6, 6.07) is 13.9. The molecule has 0 saturated heterocycles. The van der Waals surface area contributed by atoms with Gasteiger partial charge in [-0.15, -0.1) is 0 Å². The minimum atomic E-state index is -0.514. The van der Waals surface area contributed by atoms with E-state index in [1.54, 1.807) is 6.20 Å². The number of carbonyl (C=O) groups is 1. The first kappa shape index (κ1) is 12.5. The van der Waals surface area contributed by atoms with Gasteiger partial charge in [0, 0.05) is 18.3 Å². The van der Waals surface area contributed by atoms with Crippen molar-refractivity contribution in [3.8, 4) is 0 Å². The number of rotatable bonds is 4. The zero-order chi connectivity index (χ0) is 13.0. The van der Waals surface area contributed by atoms with Crippen LogP contribution in [0.15, 0.2) is 48.7 Å². The van der Waals surface area contributed by atoms with Crippen LogP contribution in [0.3, 0.4) is 0 Å². The van der Waals surface area contributed by atoms with E-state index in [-0.39, 0.29) is 0 Å². The zero-order valence-corrected chi connectivity index (χ0v) is 10.8. The Labute approximate surface area is 108 Å². The normalized spacial score (nSPS) is 13.9. The molecule has 0 saturated carbocycles. The Bertz CT molecular complexity index is 536. The molecule has 18 heavy (non-hydrogen) atoms. The number of aldehydes is 1. The molecular formula is C16H17NO. The van der Waals surface area contributed by atoms with E-state index in [0.29, 0.717) is 6.42 Å². The van der Waals surface area contributed by atoms with Crippen molar-refractivity contribution in [1.82, 2.24) is 4.98 Å². The van der Waals surface area contributed by atoms with Gasteiger partial charge in [0.15, 0.2) is 0 Å². The Morgan fingerprint density at radius 1 is 1.22 bits per heavy atom. The van der Waals surface area contributed by atoms with Gasteiger partial charge < -0.3 is 4.79 Å². The summed E-state index contributed by atoms with van der Waals surface area (Å²) in [5.41, 5.74) is 2.64. The van der Waals surface area contributed by atoms with Gasteiger partial charge >= 0.3 is 0 Å². The summed E-state index contributed by atoms with van der Waals surface area (Å²) >= 11 is 0. The second-order valence-corrected chi connectivity index (χ2v) is 4.90. The minimum absolute atomic E-state index is 0.514. The molecule has 92 valence electrons. The third-order valence-corrected chi connectivity index (χ3v) is 3.21. The van der Waals surface area contributed by atoms with Crippen LogP contribution in [0.1, 0.15) is 23.7 Å². The van der Waals surface area contributed by atoms with E-state index < -0.39 is 5.41 Å². The van der Waals surface area contributed by atoms with E-state index in [2.05, 4.69) is 11.1 Å². The van der Waals surface area contributed by atoms with Crippen LogP contribution < -0.4 is 0 Å². The van der Waals surface area contributed by atoms with Gasteiger partial charge in [0.05, 0.1) is 5.41 Å². The molecule has 2 heteroatoms. The molecule has 0 spiro atoms. The second kappa shape index (κ2) is 5.13. The summed E-state index contributed by atoms with van der Waals surface area (Å²) in [6.07, 6.45) is 3.41. The standard InChI is InChI=1S/C16H17NO/c1-13-6-5-7-14(10-13)16(2,12-18)11-15-8-3-4-9-17-15/h3-10,12H,11H2,1-2H3. The fourth-order valence-corrected chi connectivity index (χ4v) is 2.09. The number of hydrogen-bond donors (Lipinski definition) is 0. The van der Waals surface area contributed by atoms with Crippen LogP contribution >= 0.6 is 0 Å². The third kappa shape index (κ3) is 2.65. The van der Waals surface area contributed by atoms with Crippen molar-refractivity contribution in [3.05, 3.63) is 65.5 Å². The van der Waals surface area contributed by atoms with Crippen LogP contribution in [0.5, 0.6) is 0 Å². The van der Waals surface area contributed by atoms with E-state index in [9.17, 15) is 4.79 Å². The fraction of sp³-hybridized carbons (Fsp3) is 0.250. The minimum Gasteiger partial charge on any atom is -0.302 e. The predicted molar refractivity (Wildman–Crippen MR) is 72.5 cm³/mol. The topological polar surface area (TPSA) is 30.0 Å². The van der Waals surface area contributed by atoms with Crippen LogP contribution in [-0.4, -0.2) is 11.3 Å². The van der Waals surface area contributed by atoms with Gasteiger partial charge in [0.25, 0.3) is 0 Å². The molecule has 1 aromatic carbocycles. The molecule has 1 unspecified atom stereocenters. The number of aryl methyl sites for hydroxylation is 1. The predicted octanol–water partition coefficient (Wildman–Crippen LogP) is 3.09. The summed E-state index contributed by atoms with van der Waals surface area (Å²) in [4.78, 5) is 15.8. The number of carbonyl (C=O) groups excluding carboxylic acids is 1. The molecule has 0 aliphatic rings. The van der Waals surface area contributed by atoms with Crippen LogP contribution in [0.25, 0.3) is 0 Å². The average molecular weight is 239 g/mol.